The van der Waals surface area contributed by atoms with Crippen molar-refractivity contribution in [2.75, 3.05) is 4.90 Å². The molecular weight excluding hydrogens is 607 g/mol. The molecule has 1 aromatic heterocycles. The zero-order valence-corrected chi connectivity index (χ0v) is 27.3. The van der Waals surface area contributed by atoms with Crippen molar-refractivity contribution in [3.8, 4) is 22.3 Å². The fourth-order valence-electron chi connectivity index (χ4n) is 7.58. The van der Waals surface area contributed by atoms with Gasteiger partial charge in [0.25, 0.3) is 0 Å². The molecule has 10 rings (SSSR count). The Morgan fingerprint density at radius 1 is 0.320 bits per heavy atom. The molecule has 0 N–H and O–H groups in total. The van der Waals surface area contributed by atoms with Gasteiger partial charge >= 0.3 is 0 Å². The molecule has 0 unspecified atom stereocenters. The van der Waals surface area contributed by atoms with Crippen LogP contribution in [0.4, 0.5) is 17.1 Å². The van der Waals surface area contributed by atoms with E-state index in [-0.39, 0.29) is 0 Å². The van der Waals surface area contributed by atoms with Crippen molar-refractivity contribution in [1.82, 2.24) is 0 Å². The average Bonchev–Trinajstić information content (AvgIpc) is 3.58. The van der Waals surface area contributed by atoms with Crippen LogP contribution < -0.4 is 4.90 Å². The van der Waals surface area contributed by atoms with Crippen molar-refractivity contribution in [3.63, 3.8) is 0 Å². The van der Waals surface area contributed by atoms with E-state index in [4.69, 9.17) is 4.42 Å². The van der Waals surface area contributed by atoms with Crippen LogP contribution in [0, 0.1) is 0 Å². The van der Waals surface area contributed by atoms with Crippen LogP contribution in [0.5, 0.6) is 0 Å². The number of nitrogens with zero attached hydrogens (tertiary/aromatic N) is 1. The Hall–Kier alpha value is -6.64. The van der Waals surface area contributed by atoms with Crippen molar-refractivity contribution in [2.45, 2.75) is 0 Å². The van der Waals surface area contributed by atoms with Gasteiger partial charge in [0, 0.05) is 38.8 Å². The van der Waals surface area contributed by atoms with Gasteiger partial charge in [0.1, 0.15) is 11.2 Å². The normalized spacial score (nSPS) is 11.6. The molecular formula is C48H31NO. The van der Waals surface area contributed by atoms with Gasteiger partial charge < -0.3 is 9.32 Å². The predicted octanol–water partition coefficient (Wildman–Crippen LogP) is 13.8. The van der Waals surface area contributed by atoms with Gasteiger partial charge in [-0.1, -0.05) is 146 Å². The van der Waals surface area contributed by atoms with E-state index in [1.807, 2.05) is 0 Å². The van der Waals surface area contributed by atoms with Gasteiger partial charge in [-0.25, -0.2) is 0 Å². The van der Waals surface area contributed by atoms with Crippen LogP contribution in [0.1, 0.15) is 0 Å². The van der Waals surface area contributed by atoms with Gasteiger partial charge in [-0.2, -0.15) is 0 Å². The fourth-order valence-corrected chi connectivity index (χ4v) is 7.58. The van der Waals surface area contributed by atoms with Crippen molar-refractivity contribution in [3.05, 3.63) is 188 Å². The third-order valence-corrected chi connectivity index (χ3v) is 10.0. The van der Waals surface area contributed by atoms with Crippen molar-refractivity contribution in [1.29, 1.82) is 0 Å². The number of anilines is 3. The number of hydrogen-bond donors (Lipinski definition) is 0. The number of hydrogen-bond acceptors (Lipinski definition) is 2. The van der Waals surface area contributed by atoms with Crippen LogP contribution in [0.3, 0.4) is 0 Å². The first-order valence-electron chi connectivity index (χ1n) is 17.1. The third-order valence-electron chi connectivity index (χ3n) is 10.0. The maximum atomic E-state index is 6.86. The molecule has 0 fully saturated rings. The van der Waals surface area contributed by atoms with E-state index in [1.165, 1.54) is 43.4 Å². The first-order chi connectivity index (χ1) is 24.8. The lowest BCUT2D eigenvalue weighted by Gasteiger charge is -2.26. The Morgan fingerprint density at radius 2 is 0.940 bits per heavy atom. The minimum atomic E-state index is 0.914. The lowest BCUT2D eigenvalue weighted by atomic mass is 9.98. The minimum absolute atomic E-state index is 0.914. The molecule has 0 aliphatic heterocycles. The standard InChI is InChI=1S/C48H31NO/c1-2-10-32(11-3-1)38-15-8-16-40(30-38)49(41-28-22-33-12-4-5-14-37(33)31-41)39-26-23-35(24-27-39)43-18-9-19-44-45-29-25-36-21-20-34-13-6-7-17-42(34)46(36)48(45)50-47(43)44/h1-31H. The Bertz CT molecular complexity index is 2870. The summed E-state index contributed by atoms with van der Waals surface area (Å²) in [4.78, 5) is 2.35. The highest BCUT2D eigenvalue weighted by Crippen LogP contribution is 2.42. The lowest BCUT2D eigenvalue weighted by molar-refractivity contribution is 0.674. The second kappa shape index (κ2) is 11.5. The molecule has 2 heteroatoms. The number of fused-ring (bicyclic) bond motifs is 8. The van der Waals surface area contributed by atoms with Crippen molar-refractivity contribution < 1.29 is 4.42 Å². The number of benzene rings is 9. The van der Waals surface area contributed by atoms with Crippen LogP contribution in [0.25, 0.3) is 76.5 Å². The molecule has 0 saturated carbocycles. The first-order valence-corrected chi connectivity index (χ1v) is 17.1. The van der Waals surface area contributed by atoms with Crippen LogP contribution in [0.2, 0.25) is 0 Å². The minimum Gasteiger partial charge on any atom is -0.455 e. The van der Waals surface area contributed by atoms with E-state index < -0.39 is 0 Å². The van der Waals surface area contributed by atoms with Crippen molar-refractivity contribution >= 4 is 71.3 Å². The summed E-state index contributed by atoms with van der Waals surface area (Å²) in [5, 5.41) is 9.50. The van der Waals surface area contributed by atoms with Gasteiger partial charge in [-0.3, -0.25) is 0 Å². The highest BCUT2D eigenvalue weighted by Gasteiger charge is 2.18. The maximum absolute atomic E-state index is 6.86. The molecule has 0 spiro atoms. The summed E-state index contributed by atoms with van der Waals surface area (Å²) < 4.78 is 6.86. The van der Waals surface area contributed by atoms with E-state index in [9.17, 15) is 0 Å². The average molecular weight is 638 g/mol. The molecule has 10 aromatic rings. The molecule has 0 aliphatic rings. The Labute approximate surface area is 290 Å². The van der Waals surface area contributed by atoms with Gasteiger partial charge in [-0.05, 0) is 86.1 Å². The molecule has 50 heavy (non-hydrogen) atoms. The largest absolute Gasteiger partial charge is 0.455 e. The molecule has 0 amide bonds. The number of para-hydroxylation sites is 1. The SMILES string of the molecule is c1ccc(-c2cccc(N(c3ccc(-c4cccc5c4oc4c5ccc5ccc6ccccc6c54)cc3)c3ccc4ccccc4c3)c2)cc1. The Kier molecular flexibility index (Phi) is 6.53. The smallest absolute Gasteiger partial charge is 0.143 e. The second-order valence-electron chi connectivity index (χ2n) is 12.9. The van der Waals surface area contributed by atoms with Gasteiger partial charge in [-0.15, -0.1) is 0 Å². The summed E-state index contributed by atoms with van der Waals surface area (Å²) in [5.41, 5.74) is 9.74. The summed E-state index contributed by atoms with van der Waals surface area (Å²) in [6.07, 6.45) is 0. The molecule has 0 saturated heterocycles. The third kappa shape index (κ3) is 4.65. The highest BCUT2D eigenvalue weighted by atomic mass is 16.3. The Morgan fingerprint density at radius 3 is 1.82 bits per heavy atom. The molecule has 1 heterocycles. The number of rotatable bonds is 5. The molecule has 2 nitrogen and oxygen atoms in total. The summed E-state index contributed by atoms with van der Waals surface area (Å²) >= 11 is 0. The fraction of sp³-hybridized carbons (Fsp3) is 0. The maximum Gasteiger partial charge on any atom is 0.143 e. The van der Waals surface area contributed by atoms with Crippen molar-refractivity contribution in [2.24, 2.45) is 0 Å². The van der Waals surface area contributed by atoms with Crippen LogP contribution in [-0.2, 0) is 0 Å². The first kappa shape index (κ1) is 28.4. The molecule has 0 atom stereocenters. The summed E-state index contributed by atoms with van der Waals surface area (Å²) in [6, 6.07) is 67.4. The summed E-state index contributed by atoms with van der Waals surface area (Å²) in [5.74, 6) is 0. The predicted molar refractivity (Wildman–Crippen MR) is 212 cm³/mol. The molecule has 234 valence electrons. The van der Waals surface area contributed by atoms with E-state index in [1.54, 1.807) is 0 Å². The topological polar surface area (TPSA) is 16.4 Å². The van der Waals surface area contributed by atoms with Crippen LogP contribution in [0.15, 0.2) is 192 Å². The monoisotopic (exact) mass is 637 g/mol. The lowest BCUT2D eigenvalue weighted by Crippen LogP contribution is -2.10. The van der Waals surface area contributed by atoms with Crippen LogP contribution in [-0.4, -0.2) is 0 Å². The van der Waals surface area contributed by atoms with Gasteiger partial charge in [0.05, 0.1) is 0 Å². The van der Waals surface area contributed by atoms with E-state index in [0.29, 0.717) is 0 Å². The van der Waals surface area contributed by atoms with E-state index in [0.717, 1.165) is 50.1 Å². The zero-order chi connectivity index (χ0) is 33.0. The van der Waals surface area contributed by atoms with Gasteiger partial charge in [0.2, 0.25) is 0 Å². The highest BCUT2D eigenvalue weighted by molar-refractivity contribution is 6.24. The molecule has 9 aromatic carbocycles. The molecule has 0 bridgehead atoms. The summed E-state index contributed by atoms with van der Waals surface area (Å²) in [6.45, 7) is 0. The Balaban J connectivity index is 1.12. The zero-order valence-electron chi connectivity index (χ0n) is 27.3. The second-order valence-corrected chi connectivity index (χ2v) is 12.9. The van der Waals surface area contributed by atoms with E-state index >= 15 is 0 Å². The quantitative estimate of drug-likeness (QED) is 0.175. The number of furan rings is 1. The van der Waals surface area contributed by atoms with Crippen LogP contribution >= 0.6 is 0 Å². The molecule has 0 aliphatic carbocycles. The molecule has 0 radical (unpaired) electrons. The summed E-state index contributed by atoms with van der Waals surface area (Å²) in [7, 11) is 0. The van der Waals surface area contributed by atoms with Gasteiger partial charge in [0.15, 0.2) is 0 Å². The van der Waals surface area contributed by atoms with E-state index in [2.05, 4.69) is 193 Å².